The van der Waals surface area contributed by atoms with Crippen LogP contribution in [0.2, 0.25) is 15.1 Å². The van der Waals surface area contributed by atoms with Crippen LogP contribution in [0.3, 0.4) is 0 Å². The standard InChI is InChI=1S/C16H15Cl3N2O4S/c1-21(9-15(22)20-11-4-3-5-12(8-11)25-2)26(23,24)16-13(18)6-10(17)7-14(16)19/h3-8H,9H2,1-2H3,(H,20,22). The third-order valence-electron chi connectivity index (χ3n) is 3.35. The van der Waals surface area contributed by atoms with E-state index in [-0.39, 0.29) is 20.0 Å². The van der Waals surface area contributed by atoms with E-state index in [4.69, 9.17) is 39.5 Å². The number of ether oxygens (including phenoxy) is 1. The molecule has 1 N–H and O–H groups in total. The Labute approximate surface area is 166 Å². The van der Waals surface area contributed by atoms with E-state index >= 15 is 0 Å². The fraction of sp³-hybridized carbons (Fsp3) is 0.188. The van der Waals surface area contributed by atoms with Gasteiger partial charge in [0.15, 0.2) is 0 Å². The highest BCUT2D eigenvalue weighted by molar-refractivity contribution is 7.89. The van der Waals surface area contributed by atoms with Crippen molar-refractivity contribution in [3.05, 3.63) is 51.5 Å². The molecule has 0 bridgehead atoms. The van der Waals surface area contributed by atoms with Crippen LogP contribution in [0.1, 0.15) is 0 Å². The number of methoxy groups -OCH3 is 1. The summed E-state index contributed by atoms with van der Waals surface area (Å²) in [6, 6.07) is 9.22. The monoisotopic (exact) mass is 436 g/mol. The van der Waals surface area contributed by atoms with Gasteiger partial charge in [-0.1, -0.05) is 40.9 Å². The number of amides is 1. The first-order chi connectivity index (χ1) is 12.1. The maximum absolute atomic E-state index is 12.7. The van der Waals surface area contributed by atoms with Gasteiger partial charge in [-0.15, -0.1) is 0 Å². The molecule has 0 unspecified atom stereocenters. The Morgan fingerprint density at radius 3 is 2.35 bits per heavy atom. The number of halogens is 3. The van der Waals surface area contributed by atoms with E-state index in [1.54, 1.807) is 24.3 Å². The van der Waals surface area contributed by atoms with Gasteiger partial charge in [-0.2, -0.15) is 4.31 Å². The molecule has 6 nitrogen and oxygen atoms in total. The molecule has 0 radical (unpaired) electrons. The van der Waals surface area contributed by atoms with Gasteiger partial charge in [-0.3, -0.25) is 4.79 Å². The van der Waals surface area contributed by atoms with Crippen molar-refractivity contribution >= 4 is 56.4 Å². The summed E-state index contributed by atoms with van der Waals surface area (Å²) < 4.78 is 31.3. The summed E-state index contributed by atoms with van der Waals surface area (Å²) in [5.74, 6) is 0.0223. The molecule has 140 valence electrons. The van der Waals surface area contributed by atoms with Gasteiger partial charge in [0, 0.05) is 23.8 Å². The minimum absolute atomic E-state index is 0.123. The third kappa shape index (κ3) is 4.81. The molecule has 10 heteroatoms. The third-order valence-corrected chi connectivity index (χ3v) is 6.30. The van der Waals surface area contributed by atoms with Crippen LogP contribution < -0.4 is 10.1 Å². The summed E-state index contributed by atoms with van der Waals surface area (Å²) in [7, 11) is -1.34. The van der Waals surface area contributed by atoms with E-state index in [9.17, 15) is 13.2 Å². The Bertz CT molecular complexity index is 912. The number of carbonyl (C=O) groups excluding carboxylic acids is 1. The second-order valence-electron chi connectivity index (χ2n) is 5.24. The number of hydrogen-bond donors (Lipinski definition) is 1. The molecule has 26 heavy (non-hydrogen) atoms. The topological polar surface area (TPSA) is 75.7 Å². The first-order valence-corrected chi connectivity index (χ1v) is 9.77. The molecule has 2 rings (SSSR count). The van der Waals surface area contributed by atoms with Crippen molar-refractivity contribution in [3.8, 4) is 5.75 Å². The van der Waals surface area contributed by atoms with Crippen molar-refractivity contribution in [2.75, 3.05) is 26.0 Å². The lowest BCUT2D eigenvalue weighted by Crippen LogP contribution is -2.35. The number of rotatable bonds is 6. The average molecular weight is 438 g/mol. The molecule has 0 atom stereocenters. The fourth-order valence-electron chi connectivity index (χ4n) is 2.12. The molecule has 1 amide bonds. The highest BCUT2D eigenvalue weighted by Gasteiger charge is 2.28. The minimum Gasteiger partial charge on any atom is -0.497 e. The predicted octanol–water partition coefficient (Wildman–Crippen LogP) is 3.91. The second-order valence-corrected chi connectivity index (χ2v) is 8.47. The van der Waals surface area contributed by atoms with Crippen LogP contribution in [0.5, 0.6) is 5.75 Å². The average Bonchev–Trinajstić information content (AvgIpc) is 2.53. The summed E-state index contributed by atoms with van der Waals surface area (Å²) in [4.78, 5) is 11.9. The van der Waals surface area contributed by atoms with Crippen molar-refractivity contribution < 1.29 is 17.9 Å². The van der Waals surface area contributed by atoms with Gasteiger partial charge < -0.3 is 10.1 Å². The number of benzene rings is 2. The number of likely N-dealkylation sites (N-methyl/N-ethyl adjacent to an activating group) is 1. The van der Waals surface area contributed by atoms with Crippen LogP contribution >= 0.6 is 34.8 Å². The van der Waals surface area contributed by atoms with E-state index < -0.39 is 22.5 Å². The van der Waals surface area contributed by atoms with Crippen LogP contribution in [0.25, 0.3) is 0 Å². The first-order valence-electron chi connectivity index (χ1n) is 7.20. The predicted molar refractivity (Wildman–Crippen MR) is 103 cm³/mol. The zero-order valence-electron chi connectivity index (χ0n) is 13.8. The molecule has 0 aromatic heterocycles. The molecular weight excluding hydrogens is 423 g/mol. The molecule has 0 aliphatic carbocycles. The van der Waals surface area contributed by atoms with E-state index in [1.807, 2.05) is 0 Å². The van der Waals surface area contributed by atoms with E-state index in [0.717, 1.165) is 4.31 Å². The van der Waals surface area contributed by atoms with Crippen molar-refractivity contribution in [2.24, 2.45) is 0 Å². The molecule has 0 heterocycles. The molecule has 2 aromatic rings. The number of anilines is 1. The Morgan fingerprint density at radius 1 is 1.15 bits per heavy atom. The van der Waals surface area contributed by atoms with Crippen molar-refractivity contribution in [3.63, 3.8) is 0 Å². The maximum atomic E-state index is 12.7. The Morgan fingerprint density at radius 2 is 1.77 bits per heavy atom. The minimum atomic E-state index is -4.09. The number of nitrogens with one attached hydrogen (secondary N) is 1. The van der Waals surface area contributed by atoms with Crippen LogP contribution in [0.15, 0.2) is 41.3 Å². The van der Waals surface area contributed by atoms with Crippen LogP contribution in [-0.2, 0) is 14.8 Å². The zero-order chi connectivity index (χ0) is 19.5. The highest BCUT2D eigenvalue weighted by Crippen LogP contribution is 2.34. The number of nitrogens with zero attached hydrogens (tertiary/aromatic N) is 1. The molecule has 0 saturated carbocycles. The first kappa shape index (κ1) is 20.8. The van der Waals surface area contributed by atoms with Gasteiger partial charge in [-0.25, -0.2) is 8.42 Å². The second kappa shape index (κ2) is 8.45. The molecule has 0 aliphatic rings. The van der Waals surface area contributed by atoms with Crippen molar-refractivity contribution in [1.29, 1.82) is 0 Å². The SMILES string of the molecule is COc1cccc(NC(=O)CN(C)S(=O)(=O)c2c(Cl)cc(Cl)cc2Cl)c1. The van der Waals surface area contributed by atoms with Crippen LogP contribution in [-0.4, -0.2) is 39.3 Å². The van der Waals surface area contributed by atoms with Crippen LogP contribution in [0.4, 0.5) is 5.69 Å². The normalized spacial score (nSPS) is 11.5. The molecule has 0 fully saturated rings. The molecule has 0 saturated heterocycles. The lowest BCUT2D eigenvalue weighted by Gasteiger charge is -2.18. The summed E-state index contributed by atoms with van der Waals surface area (Å²) >= 11 is 17.7. The lowest BCUT2D eigenvalue weighted by molar-refractivity contribution is -0.116. The number of sulfonamides is 1. The van der Waals surface area contributed by atoms with Gasteiger partial charge in [0.05, 0.1) is 23.7 Å². The zero-order valence-corrected chi connectivity index (χ0v) is 16.9. The largest absolute Gasteiger partial charge is 0.497 e. The smallest absolute Gasteiger partial charge is 0.246 e. The maximum Gasteiger partial charge on any atom is 0.246 e. The Balaban J connectivity index is 2.17. The van der Waals surface area contributed by atoms with Crippen molar-refractivity contribution in [2.45, 2.75) is 4.90 Å². The summed E-state index contributed by atoms with van der Waals surface area (Å²) in [6.07, 6.45) is 0. The van der Waals surface area contributed by atoms with Gasteiger partial charge in [0.1, 0.15) is 10.6 Å². The molecule has 2 aromatic carbocycles. The highest BCUT2D eigenvalue weighted by atomic mass is 35.5. The molecule has 0 aliphatic heterocycles. The lowest BCUT2D eigenvalue weighted by atomic mass is 10.3. The van der Waals surface area contributed by atoms with Gasteiger partial charge in [0.2, 0.25) is 15.9 Å². The summed E-state index contributed by atoms with van der Waals surface area (Å²) in [5.41, 5.74) is 0.475. The van der Waals surface area contributed by atoms with Crippen molar-refractivity contribution in [1.82, 2.24) is 4.31 Å². The quantitative estimate of drug-likeness (QED) is 0.743. The summed E-state index contributed by atoms with van der Waals surface area (Å²) in [5, 5.41) is 2.56. The molecule has 0 spiro atoms. The fourth-order valence-corrected chi connectivity index (χ4v) is 4.73. The van der Waals surface area contributed by atoms with Gasteiger partial charge in [0.25, 0.3) is 0 Å². The number of carbonyl (C=O) groups is 1. The Kier molecular flexibility index (Phi) is 6.76. The van der Waals surface area contributed by atoms with Gasteiger partial charge >= 0.3 is 0 Å². The van der Waals surface area contributed by atoms with Crippen LogP contribution in [0, 0.1) is 0 Å². The summed E-state index contributed by atoms with van der Waals surface area (Å²) in [6.45, 7) is -0.436. The van der Waals surface area contributed by atoms with E-state index in [0.29, 0.717) is 11.4 Å². The molecular formula is C16H15Cl3N2O4S. The van der Waals surface area contributed by atoms with E-state index in [1.165, 1.54) is 26.3 Å². The van der Waals surface area contributed by atoms with E-state index in [2.05, 4.69) is 5.32 Å². The Hall–Kier alpha value is -1.51. The number of hydrogen-bond acceptors (Lipinski definition) is 4. The van der Waals surface area contributed by atoms with Gasteiger partial charge in [-0.05, 0) is 24.3 Å².